The molecule has 0 saturated carbocycles. The van der Waals surface area contributed by atoms with E-state index in [1.165, 1.54) is 6.42 Å². The summed E-state index contributed by atoms with van der Waals surface area (Å²) in [5.41, 5.74) is 1.23. The van der Waals surface area contributed by atoms with E-state index in [-0.39, 0.29) is 0 Å². The maximum atomic E-state index is 11.0. The molecule has 0 aliphatic rings. The number of carbonyl (C=O) groups is 1. The number of benzene rings is 1. The van der Waals surface area contributed by atoms with Gasteiger partial charge in [0, 0.05) is 10.6 Å². The Kier molecular flexibility index (Phi) is 5.73. The van der Waals surface area contributed by atoms with Crippen LogP contribution >= 0.6 is 11.8 Å². The van der Waals surface area contributed by atoms with Crippen LogP contribution in [0.2, 0.25) is 0 Å². The molecule has 2 nitrogen and oxygen atoms in total. The summed E-state index contributed by atoms with van der Waals surface area (Å²) in [6.45, 7) is 8.55. The molecule has 1 rings (SSSR count). The van der Waals surface area contributed by atoms with Crippen molar-refractivity contribution in [2.45, 2.75) is 39.0 Å². The van der Waals surface area contributed by atoms with Gasteiger partial charge in [0.25, 0.3) is 0 Å². The fourth-order valence-corrected chi connectivity index (χ4v) is 3.01. The normalized spacial score (nSPS) is 12.7. The quantitative estimate of drug-likeness (QED) is 0.772. The number of rotatable bonds is 6. The molecule has 0 spiro atoms. The first-order valence-corrected chi connectivity index (χ1v) is 7.35. The van der Waals surface area contributed by atoms with E-state index in [0.29, 0.717) is 17.4 Å². The lowest BCUT2D eigenvalue weighted by atomic mass is 10.0. The second-order valence-electron chi connectivity index (χ2n) is 5.33. The van der Waals surface area contributed by atoms with Crippen LogP contribution in [0, 0.1) is 18.8 Å². The second-order valence-corrected chi connectivity index (χ2v) is 6.42. The molecule has 18 heavy (non-hydrogen) atoms. The minimum absolute atomic E-state index is 0.413. The zero-order chi connectivity index (χ0) is 13.7. The number of aryl methyl sites for hydroxylation is 1. The summed E-state index contributed by atoms with van der Waals surface area (Å²) in [6, 6.07) is 5.68. The maximum Gasteiger partial charge on any atom is 0.335 e. The second kappa shape index (κ2) is 6.83. The highest BCUT2D eigenvalue weighted by atomic mass is 32.2. The largest absolute Gasteiger partial charge is 0.478 e. The molecular formula is C15H22O2S. The molecule has 1 N–H and O–H groups in total. The van der Waals surface area contributed by atoms with Crippen molar-refractivity contribution >= 4 is 17.7 Å². The molecule has 1 aromatic carbocycles. The number of thioether (sulfide) groups is 1. The maximum absolute atomic E-state index is 11.0. The fraction of sp³-hybridized carbons (Fsp3) is 0.533. The molecule has 0 aliphatic carbocycles. The number of hydrogen-bond donors (Lipinski definition) is 1. The molecule has 0 radical (unpaired) electrons. The first-order chi connectivity index (χ1) is 8.40. The Bertz CT molecular complexity index is 413. The number of carboxylic acid groups (broad SMARTS) is 1. The lowest BCUT2D eigenvalue weighted by molar-refractivity contribution is 0.0696. The van der Waals surface area contributed by atoms with Crippen molar-refractivity contribution in [1.29, 1.82) is 0 Å². The predicted octanol–water partition coefficient (Wildman–Crippen LogP) is 4.47. The van der Waals surface area contributed by atoms with Crippen LogP contribution in [0.15, 0.2) is 23.1 Å². The average Bonchev–Trinajstić information content (AvgIpc) is 2.26. The predicted molar refractivity (Wildman–Crippen MR) is 77.5 cm³/mol. The lowest BCUT2D eigenvalue weighted by Crippen LogP contribution is -2.03. The van der Waals surface area contributed by atoms with Crippen LogP contribution in [-0.2, 0) is 0 Å². The smallest absolute Gasteiger partial charge is 0.335 e. The van der Waals surface area contributed by atoms with Gasteiger partial charge in [0.15, 0.2) is 0 Å². The number of aromatic carboxylic acids is 1. The highest BCUT2D eigenvalue weighted by Crippen LogP contribution is 2.25. The summed E-state index contributed by atoms with van der Waals surface area (Å²) in [5, 5.41) is 9.08. The van der Waals surface area contributed by atoms with Gasteiger partial charge in [-0.05, 0) is 42.9 Å². The zero-order valence-electron chi connectivity index (χ0n) is 11.6. The van der Waals surface area contributed by atoms with Crippen LogP contribution in [0.1, 0.15) is 43.1 Å². The topological polar surface area (TPSA) is 37.3 Å². The van der Waals surface area contributed by atoms with Crippen molar-refractivity contribution in [3.8, 4) is 0 Å². The fourth-order valence-electron chi connectivity index (χ4n) is 2.03. The molecule has 100 valence electrons. The summed E-state index contributed by atoms with van der Waals surface area (Å²) < 4.78 is 0. The first kappa shape index (κ1) is 15.1. The van der Waals surface area contributed by atoms with Gasteiger partial charge in [0.2, 0.25) is 0 Å². The Labute approximate surface area is 114 Å². The van der Waals surface area contributed by atoms with E-state index >= 15 is 0 Å². The van der Waals surface area contributed by atoms with Gasteiger partial charge in [-0.3, -0.25) is 0 Å². The van der Waals surface area contributed by atoms with Crippen LogP contribution < -0.4 is 0 Å². The summed E-state index contributed by atoms with van der Waals surface area (Å²) in [4.78, 5) is 12.1. The third-order valence-corrected chi connectivity index (χ3v) is 4.17. The highest BCUT2D eigenvalue weighted by Gasteiger charge is 2.10. The molecule has 0 heterocycles. The van der Waals surface area contributed by atoms with Gasteiger partial charge in [-0.15, -0.1) is 11.8 Å². The Morgan fingerprint density at radius 1 is 1.33 bits per heavy atom. The Hall–Kier alpha value is -0.960. The van der Waals surface area contributed by atoms with Gasteiger partial charge in [0.05, 0.1) is 5.56 Å². The van der Waals surface area contributed by atoms with Crippen molar-refractivity contribution in [2.24, 2.45) is 11.8 Å². The van der Waals surface area contributed by atoms with E-state index in [1.807, 2.05) is 19.1 Å². The number of hydrogen-bond acceptors (Lipinski definition) is 2. The molecule has 3 heteroatoms. The van der Waals surface area contributed by atoms with Crippen LogP contribution in [0.5, 0.6) is 0 Å². The molecule has 0 bridgehead atoms. The lowest BCUT2D eigenvalue weighted by Gasteiger charge is -2.13. The molecule has 1 aromatic rings. The van der Waals surface area contributed by atoms with Crippen molar-refractivity contribution in [2.75, 3.05) is 5.75 Å². The molecule has 0 aliphatic heterocycles. The Balaban J connectivity index is 2.63. The van der Waals surface area contributed by atoms with Crippen molar-refractivity contribution in [1.82, 2.24) is 0 Å². The van der Waals surface area contributed by atoms with Gasteiger partial charge in [-0.1, -0.05) is 26.8 Å². The van der Waals surface area contributed by atoms with Gasteiger partial charge in [-0.2, -0.15) is 0 Å². The first-order valence-electron chi connectivity index (χ1n) is 6.37. The molecule has 1 unspecified atom stereocenters. The van der Waals surface area contributed by atoms with Gasteiger partial charge in [0.1, 0.15) is 0 Å². The van der Waals surface area contributed by atoms with Crippen molar-refractivity contribution < 1.29 is 9.90 Å². The minimum Gasteiger partial charge on any atom is -0.478 e. The van der Waals surface area contributed by atoms with E-state index in [0.717, 1.165) is 16.2 Å². The van der Waals surface area contributed by atoms with Gasteiger partial charge >= 0.3 is 5.97 Å². The van der Waals surface area contributed by atoms with Crippen molar-refractivity contribution in [3.63, 3.8) is 0 Å². The Morgan fingerprint density at radius 2 is 2.00 bits per heavy atom. The van der Waals surface area contributed by atoms with Crippen molar-refractivity contribution in [3.05, 3.63) is 29.3 Å². The van der Waals surface area contributed by atoms with E-state index in [4.69, 9.17) is 5.11 Å². The molecular weight excluding hydrogens is 244 g/mol. The van der Waals surface area contributed by atoms with Gasteiger partial charge < -0.3 is 5.11 Å². The van der Waals surface area contributed by atoms with E-state index in [2.05, 4.69) is 20.8 Å². The summed E-state index contributed by atoms with van der Waals surface area (Å²) in [7, 11) is 0. The molecule has 0 saturated heterocycles. The van der Waals surface area contributed by atoms with E-state index in [9.17, 15) is 4.79 Å². The van der Waals surface area contributed by atoms with Crippen LogP contribution in [0.3, 0.4) is 0 Å². The third kappa shape index (κ3) is 4.73. The van der Waals surface area contributed by atoms with E-state index < -0.39 is 5.97 Å². The molecule has 0 aromatic heterocycles. The van der Waals surface area contributed by atoms with Crippen LogP contribution in [0.4, 0.5) is 0 Å². The number of carboxylic acids is 1. The Morgan fingerprint density at radius 3 is 2.56 bits per heavy atom. The average molecular weight is 266 g/mol. The molecule has 0 amide bonds. The highest BCUT2D eigenvalue weighted by molar-refractivity contribution is 7.99. The summed E-state index contributed by atoms with van der Waals surface area (Å²) in [5.74, 6) is 1.57. The monoisotopic (exact) mass is 266 g/mol. The summed E-state index contributed by atoms with van der Waals surface area (Å²) >= 11 is 1.75. The zero-order valence-corrected chi connectivity index (χ0v) is 12.4. The third-order valence-electron chi connectivity index (χ3n) is 2.85. The van der Waals surface area contributed by atoms with Gasteiger partial charge in [-0.25, -0.2) is 4.79 Å². The molecule has 1 atom stereocenters. The van der Waals surface area contributed by atoms with Crippen LogP contribution in [0.25, 0.3) is 0 Å². The summed E-state index contributed by atoms with van der Waals surface area (Å²) in [6.07, 6.45) is 1.21. The molecule has 0 fully saturated rings. The van der Waals surface area contributed by atoms with E-state index in [1.54, 1.807) is 17.8 Å². The minimum atomic E-state index is -0.842. The van der Waals surface area contributed by atoms with Crippen LogP contribution in [-0.4, -0.2) is 16.8 Å². The standard InChI is InChI=1S/C15H22O2S/c1-10(2)7-11(3)9-18-13-6-5-12(4)14(8-13)15(16)17/h5-6,8,10-11H,7,9H2,1-4H3,(H,16,17). The SMILES string of the molecule is Cc1ccc(SCC(C)CC(C)C)cc1C(=O)O.